The highest BCUT2D eigenvalue weighted by atomic mass is 16.3. The van der Waals surface area contributed by atoms with E-state index in [9.17, 15) is 0 Å². The Labute approximate surface area is 187 Å². The maximum Gasteiger partial charge on any atom is 0.229 e. The average molecular weight is 424 g/mol. The van der Waals surface area contributed by atoms with Gasteiger partial charge in [0.1, 0.15) is 11.2 Å². The third-order valence-electron chi connectivity index (χ3n) is 6.67. The second-order valence-electron chi connectivity index (χ2n) is 8.57. The fourth-order valence-corrected chi connectivity index (χ4v) is 5.24. The van der Waals surface area contributed by atoms with Gasteiger partial charge >= 0.3 is 0 Å². The summed E-state index contributed by atoms with van der Waals surface area (Å²) in [5, 5.41) is 5.39. The molecule has 0 N–H and O–H groups in total. The van der Waals surface area contributed by atoms with E-state index >= 15 is 0 Å². The van der Waals surface area contributed by atoms with Gasteiger partial charge in [-0.1, -0.05) is 42.5 Å². The lowest BCUT2D eigenvalue weighted by Crippen LogP contribution is -1.90. The first-order chi connectivity index (χ1) is 16.3. The van der Waals surface area contributed by atoms with Crippen molar-refractivity contribution in [1.29, 1.82) is 0 Å². The highest BCUT2D eigenvalue weighted by Gasteiger charge is 2.26. The van der Waals surface area contributed by atoms with Gasteiger partial charge in [-0.15, -0.1) is 0 Å². The summed E-state index contributed by atoms with van der Waals surface area (Å²) in [6.45, 7) is 1.98. The number of para-hydroxylation sites is 2. The minimum Gasteiger partial charge on any atom is -0.435 e. The summed E-state index contributed by atoms with van der Waals surface area (Å²) >= 11 is 0. The van der Waals surface area contributed by atoms with E-state index in [1.54, 1.807) is 0 Å². The van der Waals surface area contributed by atoms with Crippen LogP contribution in [0.15, 0.2) is 83.4 Å². The molecule has 6 heterocycles. The molecule has 0 aliphatic carbocycles. The summed E-state index contributed by atoms with van der Waals surface area (Å²) in [5.74, 6) is 0. The molecular weight excluding hydrogens is 408 g/mol. The molecule has 0 radical (unpaired) electrons. The lowest BCUT2D eigenvalue weighted by molar-refractivity contribution is 0.656. The molecule has 8 rings (SSSR count). The van der Waals surface area contributed by atoms with E-state index in [4.69, 9.17) is 14.4 Å². The van der Waals surface area contributed by atoms with Gasteiger partial charge in [-0.3, -0.25) is 4.98 Å². The summed E-state index contributed by atoms with van der Waals surface area (Å²) in [7, 11) is 0. The van der Waals surface area contributed by atoms with Gasteiger partial charge in [0, 0.05) is 28.0 Å². The van der Waals surface area contributed by atoms with Crippen LogP contribution in [0.3, 0.4) is 0 Å². The van der Waals surface area contributed by atoms with Gasteiger partial charge in [0.15, 0.2) is 5.58 Å². The van der Waals surface area contributed by atoms with E-state index < -0.39 is 0 Å². The zero-order valence-electron chi connectivity index (χ0n) is 17.7. The molecular formula is C28H16N4O. The Morgan fingerprint density at radius 3 is 2.61 bits per heavy atom. The van der Waals surface area contributed by atoms with Crippen molar-refractivity contribution in [2.75, 3.05) is 0 Å². The van der Waals surface area contributed by atoms with E-state index in [0.717, 1.165) is 66.3 Å². The van der Waals surface area contributed by atoms with Crippen molar-refractivity contribution in [2.24, 2.45) is 0 Å². The van der Waals surface area contributed by atoms with Gasteiger partial charge in [-0.2, -0.15) is 0 Å². The quantitative estimate of drug-likeness (QED) is 0.288. The van der Waals surface area contributed by atoms with E-state index in [1.165, 1.54) is 5.39 Å². The van der Waals surface area contributed by atoms with Gasteiger partial charge in [0.05, 0.1) is 33.0 Å². The minimum atomic E-state index is 0.651. The molecule has 33 heavy (non-hydrogen) atoms. The molecule has 2 aromatic carbocycles. The lowest BCUT2D eigenvalue weighted by Gasteiger charge is -2.05. The maximum absolute atomic E-state index is 6.42. The first-order valence-corrected chi connectivity index (χ1v) is 11.0. The molecule has 0 aliphatic rings. The number of pyridine rings is 3. The zero-order chi connectivity index (χ0) is 21.7. The number of furan rings is 1. The van der Waals surface area contributed by atoms with Crippen LogP contribution < -0.4 is 0 Å². The van der Waals surface area contributed by atoms with Crippen LogP contribution in [0.2, 0.25) is 0 Å². The summed E-state index contributed by atoms with van der Waals surface area (Å²) in [4.78, 5) is 14.6. The summed E-state index contributed by atoms with van der Waals surface area (Å²) in [6.07, 6.45) is 1.97. The Morgan fingerprint density at radius 2 is 1.64 bits per heavy atom. The molecule has 0 fully saturated rings. The molecule has 0 unspecified atom stereocenters. The smallest absolute Gasteiger partial charge is 0.229 e. The van der Waals surface area contributed by atoms with Crippen LogP contribution in [0.1, 0.15) is 5.69 Å². The first-order valence-electron chi connectivity index (χ1n) is 11.0. The molecule has 0 aliphatic heterocycles. The summed E-state index contributed by atoms with van der Waals surface area (Å²) in [5.41, 5.74) is 8.30. The van der Waals surface area contributed by atoms with Gasteiger partial charge < -0.3 is 8.82 Å². The molecule has 6 aromatic heterocycles. The van der Waals surface area contributed by atoms with E-state index in [2.05, 4.69) is 51.8 Å². The maximum atomic E-state index is 6.42. The Balaban J connectivity index is 1.62. The van der Waals surface area contributed by atoms with Crippen molar-refractivity contribution in [1.82, 2.24) is 19.4 Å². The fourth-order valence-electron chi connectivity index (χ4n) is 5.24. The average Bonchev–Trinajstić information content (AvgIpc) is 3.48. The second-order valence-corrected chi connectivity index (χ2v) is 8.57. The number of rotatable bonds is 1. The highest BCUT2D eigenvalue weighted by Crippen LogP contribution is 2.45. The van der Waals surface area contributed by atoms with Crippen LogP contribution in [-0.4, -0.2) is 19.4 Å². The number of fused-ring (bicyclic) bond motifs is 9. The monoisotopic (exact) mass is 424 g/mol. The zero-order valence-corrected chi connectivity index (χ0v) is 17.7. The predicted molar refractivity (Wildman–Crippen MR) is 132 cm³/mol. The SMILES string of the molecule is Cc1ccc2c(n1)oc1c3c(-c4ccc5ccccc5n4)ncc4c5ccccc5n(c21)c43. The minimum absolute atomic E-state index is 0.651. The Hall–Kier alpha value is -4.51. The number of nitrogens with zero attached hydrogens (tertiary/aromatic N) is 4. The van der Waals surface area contributed by atoms with Gasteiger partial charge in [-0.25, -0.2) is 9.97 Å². The normalized spacial score (nSPS) is 12.4. The molecule has 0 atom stereocenters. The highest BCUT2D eigenvalue weighted by molar-refractivity contribution is 6.28. The number of hydrogen-bond donors (Lipinski definition) is 0. The van der Waals surface area contributed by atoms with Crippen molar-refractivity contribution < 1.29 is 4.42 Å². The van der Waals surface area contributed by atoms with Gasteiger partial charge in [0.2, 0.25) is 5.71 Å². The van der Waals surface area contributed by atoms with E-state index in [0.29, 0.717) is 5.71 Å². The van der Waals surface area contributed by atoms with Gasteiger partial charge in [-0.05, 0) is 37.3 Å². The van der Waals surface area contributed by atoms with Crippen LogP contribution in [0.25, 0.3) is 71.7 Å². The van der Waals surface area contributed by atoms with Crippen LogP contribution in [-0.2, 0) is 0 Å². The molecule has 0 saturated carbocycles. The number of aryl methyl sites for hydroxylation is 1. The van der Waals surface area contributed by atoms with Crippen molar-refractivity contribution in [3.05, 3.63) is 84.7 Å². The molecule has 5 heteroatoms. The number of aromatic nitrogens is 4. The molecule has 0 bridgehead atoms. The molecule has 0 amide bonds. The van der Waals surface area contributed by atoms with Crippen LogP contribution >= 0.6 is 0 Å². The van der Waals surface area contributed by atoms with E-state index in [-0.39, 0.29) is 0 Å². The summed E-state index contributed by atoms with van der Waals surface area (Å²) < 4.78 is 8.73. The Kier molecular flexibility index (Phi) is 3.02. The molecule has 0 saturated heterocycles. The lowest BCUT2D eigenvalue weighted by atomic mass is 10.1. The van der Waals surface area contributed by atoms with Crippen molar-refractivity contribution in [2.45, 2.75) is 6.92 Å². The second kappa shape index (κ2) is 5.84. The number of hydrogen-bond acceptors (Lipinski definition) is 4. The number of benzene rings is 2. The topological polar surface area (TPSA) is 56.2 Å². The third kappa shape index (κ3) is 2.09. The first kappa shape index (κ1) is 17.1. The molecule has 8 aromatic rings. The fraction of sp³-hybridized carbons (Fsp3) is 0.0357. The summed E-state index contributed by atoms with van der Waals surface area (Å²) in [6, 6.07) is 24.9. The van der Waals surface area contributed by atoms with Crippen LogP contribution in [0.5, 0.6) is 0 Å². The molecule has 5 nitrogen and oxygen atoms in total. The molecule has 154 valence electrons. The van der Waals surface area contributed by atoms with Crippen molar-refractivity contribution >= 4 is 60.3 Å². The van der Waals surface area contributed by atoms with E-state index in [1.807, 2.05) is 43.5 Å². The largest absolute Gasteiger partial charge is 0.435 e. The predicted octanol–water partition coefficient (Wildman–Crippen LogP) is 6.90. The Bertz CT molecular complexity index is 2050. The third-order valence-corrected chi connectivity index (χ3v) is 6.67. The molecule has 0 spiro atoms. The van der Waals surface area contributed by atoms with Crippen LogP contribution in [0.4, 0.5) is 0 Å². The standard InChI is InChI=1S/C28H16N4O/c1-15-10-12-18-26-27(33-28(18)30-15)23-24(21-13-11-16-6-2-4-8-20(16)31-21)29-14-19-17-7-3-5-9-22(17)32(26)25(19)23/h2-14H,1H3. The Morgan fingerprint density at radius 1 is 0.758 bits per heavy atom. The van der Waals surface area contributed by atoms with Crippen molar-refractivity contribution in [3.63, 3.8) is 0 Å². The van der Waals surface area contributed by atoms with Crippen LogP contribution in [0, 0.1) is 6.92 Å². The van der Waals surface area contributed by atoms with Crippen molar-refractivity contribution in [3.8, 4) is 11.4 Å². The van der Waals surface area contributed by atoms with Gasteiger partial charge in [0.25, 0.3) is 0 Å².